The molecule has 0 aliphatic rings. The van der Waals surface area contributed by atoms with E-state index in [1.807, 2.05) is 22.6 Å². The van der Waals surface area contributed by atoms with Gasteiger partial charge in [-0.2, -0.15) is 0 Å². The lowest BCUT2D eigenvalue weighted by Crippen LogP contribution is -2.04. The molecule has 4 nitrogen and oxygen atoms in total. The van der Waals surface area contributed by atoms with Crippen molar-refractivity contribution in [3.63, 3.8) is 0 Å². The van der Waals surface area contributed by atoms with E-state index in [0.717, 1.165) is 18.2 Å². The van der Waals surface area contributed by atoms with E-state index < -0.39 is 16.6 Å². The van der Waals surface area contributed by atoms with Crippen LogP contribution in [0.25, 0.3) is 0 Å². The minimum atomic E-state index is -0.512. The Morgan fingerprint density at radius 1 is 1.20 bits per heavy atom. The average molecular weight is 390 g/mol. The van der Waals surface area contributed by atoms with Gasteiger partial charge in [-0.15, -0.1) is 0 Å². The van der Waals surface area contributed by atoms with E-state index in [1.54, 1.807) is 0 Å². The van der Waals surface area contributed by atoms with Crippen molar-refractivity contribution in [2.75, 3.05) is 5.32 Å². The molecule has 2 aromatic rings. The number of benzene rings is 2. The molecule has 0 amide bonds. The van der Waals surface area contributed by atoms with E-state index in [4.69, 9.17) is 0 Å². The van der Waals surface area contributed by atoms with Gasteiger partial charge >= 0.3 is 0 Å². The zero-order valence-corrected chi connectivity index (χ0v) is 12.2. The SMILES string of the molecule is O=[N+]([O-])c1ccc(NCc2cc(F)ccc2F)c(I)c1. The first-order valence-electron chi connectivity index (χ1n) is 5.59. The van der Waals surface area contributed by atoms with Crippen molar-refractivity contribution < 1.29 is 13.7 Å². The highest BCUT2D eigenvalue weighted by Crippen LogP contribution is 2.24. The van der Waals surface area contributed by atoms with Crippen LogP contribution in [-0.2, 0) is 6.54 Å². The molecule has 0 unspecified atom stereocenters. The quantitative estimate of drug-likeness (QED) is 0.486. The highest BCUT2D eigenvalue weighted by atomic mass is 127. The van der Waals surface area contributed by atoms with Crippen molar-refractivity contribution in [3.8, 4) is 0 Å². The number of anilines is 1. The molecular formula is C13H9F2IN2O2. The third-order valence-electron chi connectivity index (χ3n) is 2.64. The molecule has 0 aliphatic carbocycles. The molecule has 7 heteroatoms. The van der Waals surface area contributed by atoms with Crippen molar-refractivity contribution in [3.05, 3.63) is 67.3 Å². The van der Waals surface area contributed by atoms with Gasteiger partial charge < -0.3 is 5.32 Å². The van der Waals surface area contributed by atoms with Crippen LogP contribution in [0.4, 0.5) is 20.2 Å². The molecule has 0 bridgehead atoms. The van der Waals surface area contributed by atoms with Crippen LogP contribution in [0.3, 0.4) is 0 Å². The molecule has 20 heavy (non-hydrogen) atoms. The molecule has 0 radical (unpaired) electrons. The second kappa shape index (κ2) is 6.12. The van der Waals surface area contributed by atoms with Gasteiger partial charge in [0.2, 0.25) is 0 Å². The number of hydrogen-bond donors (Lipinski definition) is 1. The van der Waals surface area contributed by atoms with Crippen LogP contribution in [0.5, 0.6) is 0 Å². The van der Waals surface area contributed by atoms with E-state index in [9.17, 15) is 18.9 Å². The lowest BCUT2D eigenvalue weighted by atomic mass is 10.2. The number of nitrogens with zero attached hydrogens (tertiary/aromatic N) is 1. The van der Waals surface area contributed by atoms with E-state index in [2.05, 4.69) is 5.32 Å². The van der Waals surface area contributed by atoms with Crippen LogP contribution >= 0.6 is 22.6 Å². The Morgan fingerprint density at radius 3 is 2.60 bits per heavy atom. The van der Waals surface area contributed by atoms with E-state index in [-0.39, 0.29) is 17.8 Å². The smallest absolute Gasteiger partial charge is 0.270 e. The molecule has 0 spiro atoms. The van der Waals surface area contributed by atoms with Crippen LogP contribution < -0.4 is 5.32 Å². The number of halogens is 3. The fourth-order valence-corrected chi connectivity index (χ4v) is 2.32. The zero-order chi connectivity index (χ0) is 14.7. The number of rotatable bonds is 4. The van der Waals surface area contributed by atoms with Gasteiger partial charge in [-0.25, -0.2) is 8.78 Å². The molecule has 0 saturated heterocycles. The summed E-state index contributed by atoms with van der Waals surface area (Å²) < 4.78 is 27.1. The Bertz CT molecular complexity index is 665. The van der Waals surface area contributed by atoms with Crippen molar-refractivity contribution in [2.45, 2.75) is 6.54 Å². The molecule has 0 fully saturated rings. The van der Waals surface area contributed by atoms with E-state index >= 15 is 0 Å². The lowest BCUT2D eigenvalue weighted by Gasteiger charge is -2.09. The first kappa shape index (κ1) is 14.6. The van der Waals surface area contributed by atoms with Crippen molar-refractivity contribution >= 4 is 34.0 Å². The molecule has 0 heterocycles. The molecule has 0 aliphatic heterocycles. The molecule has 0 atom stereocenters. The van der Waals surface area contributed by atoms with Crippen molar-refractivity contribution in [1.82, 2.24) is 0 Å². The van der Waals surface area contributed by atoms with Crippen LogP contribution in [0.2, 0.25) is 0 Å². The topological polar surface area (TPSA) is 55.2 Å². The number of hydrogen-bond acceptors (Lipinski definition) is 3. The summed E-state index contributed by atoms with van der Waals surface area (Å²) in [5, 5.41) is 13.5. The summed E-state index contributed by atoms with van der Waals surface area (Å²) in [5.74, 6) is -1.02. The zero-order valence-electron chi connectivity index (χ0n) is 10.1. The maximum Gasteiger partial charge on any atom is 0.270 e. The maximum atomic E-state index is 13.4. The number of nitro groups is 1. The summed E-state index contributed by atoms with van der Waals surface area (Å²) >= 11 is 1.94. The normalized spacial score (nSPS) is 10.3. The summed E-state index contributed by atoms with van der Waals surface area (Å²) in [7, 11) is 0. The van der Waals surface area contributed by atoms with Gasteiger partial charge in [0.25, 0.3) is 5.69 Å². The minimum Gasteiger partial charge on any atom is -0.380 e. The monoisotopic (exact) mass is 390 g/mol. The van der Waals surface area contributed by atoms with Gasteiger partial charge in [-0.3, -0.25) is 10.1 Å². The first-order valence-corrected chi connectivity index (χ1v) is 6.67. The van der Waals surface area contributed by atoms with E-state index in [1.165, 1.54) is 18.2 Å². The molecular weight excluding hydrogens is 381 g/mol. The molecule has 104 valence electrons. The van der Waals surface area contributed by atoms with E-state index in [0.29, 0.717) is 9.26 Å². The van der Waals surface area contributed by atoms with Crippen molar-refractivity contribution in [1.29, 1.82) is 0 Å². The summed E-state index contributed by atoms with van der Waals surface area (Å²) in [5.41, 5.74) is 0.802. The Hall–Kier alpha value is -1.77. The predicted octanol–water partition coefficient (Wildman–Crippen LogP) is 4.09. The van der Waals surface area contributed by atoms with Gasteiger partial charge in [0.05, 0.1) is 4.92 Å². The highest BCUT2D eigenvalue weighted by molar-refractivity contribution is 14.1. The molecule has 0 saturated carbocycles. The summed E-state index contributed by atoms with van der Waals surface area (Å²) in [6, 6.07) is 7.52. The first-order chi connectivity index (χ1) is 9.47. The number of non-ortho nitro benzene ring substituents is 1. The Balaban J connectivity index is 2.15. The standard InChI is InChI=1S/C13H9F2IN2O2/c14-9-1-3-11(15)8(5-9)7-17-13-4-2-10(18(19)20)6-12(13)16/h1-6,17H,7H2. The van der Waals surface area contributed by atoms with Gasteiger partial charge in [-0.05, 0) is 46.9 Å². The van der Waals surface area contributed by atoms with Crippen LogP contribution in [0.1, 0.15) is 5.56 Å². The maximum absolute atomic E-state index is 13.4. The minimum absolute atomic E-state index is 0.0168. The summed E-state index contributed by atoms with van der Waals surface area (Å²) in [6.07, 6.45) is 0. The van der Waals surface area contributed by atoms with Gasteiger partial charge in [0, 0.05) is 33.5 Å². The van der Waals surface area contributed by atoms with Gasteiger partial charge in [-0.1, -0.05) is 0 Å². The fraction of sp³-hybridized carbons (Fsp3) is 0.0769. The van der Waals surface area contributed by atoms with Crippen LogP contribution in [0.15, 0.2) is 36.4 Å². The van der Waals surface area contributed by atoms with Crippen LogP contribution in [-0.4, -0.2) is 4.92 Å². The second-order valence-electron chi connectivity index (χ2n) is 4.01. The largest absolute Gasteiger partial charge is 0.380 e. The summed E-state index contributed by atoms with van der Waals surface area (Å²) in [4.78, 5) is 10.1. The molecule has 1 N–H and O–H groups in total. The highest BCUT2D eigenvalue weighted by Gasteiger charge is 2.10. The van der Waals surface area contributed by atoms with Crippen molar-refractivity contribution in [2.24, 2.45) is 0 Å². The lowest BCUT2D eigenvalue weighted by molar-refractivity contribution is -0.384. The third kappa shape index (κ3) is 3.41. The number of nitro benzene ring substituents is 1. The molecule has 0 aromatic heterocycles. The molecule has 2 rings (SSSR count). The Morgan fingerprint density at radius 2 is 1.95 bits per heavy atom. The second-order valence-corrected chi connectivity index (χ2v) is 5.17. The van der Waals surface area contributed by atoms with Gasteiger partial charge in [0.15, 0.2) is 0 Å². The summed E-state index contributed by atoms with van der Waals surface area (Å²) in [6.45, 7) is 0.0946. The Labute approximate surface area is 127 Å². The van der Waals surface area contributed by atoms with Crippen LogP contribution in [0, 0.1) is 25.3 Å². The van der Waals surface area contributed by atoms with Gasteiger partial charge in [0.1, 0.15) is 11.6 Å². The Kier molecular flexibility index (Phi) is 4.48. The third-order valence-corrected chi connectivity index (χ3v) is 3.53. The fourth-order valence-electron chi connectivity index (χ4n) is 1.63. The average Bonchev–Trinajstić information content (AvgIpc) is 2.40. The molecule has 2 aromatic carbocycles. The number of nitrogens with one attached hydrogen (secondary N) is 1. The predicted molar refractivity (Wildman–Crippen MR) is 79.5 cm³/mol.